The highest BCUT2D eigenvalue weighted by atomic mass is 35.5. The van der Waals surface area contributed by atoms with Gasteiger partial charge in [0.2, 0.25) is 5.91 Å². The molecule has 1 saturated heterocycles. The highest BCUT2D eigenvalue weighted by Crippen LogP contribution is 2.42. The first-order chi connectivity index (χ1) is 19.7. The maximum atomic E-state index is 14.3. The molecule has 5 rings (SSSR count). The number of piperazine rings is 1. The fourth-order valence-corrected chi connectivity index (χ4v) is 5.91. The normalized spacial score (nSPS) is 15.3. The minimum Gasteiger partial charge on any atom is -0.397 e. The number of nitrogens with zero attached hydrogens (tertiary/aromatic N) is 5. The predicted molar refractivity (Wildman–Crippen MR) is 166 cm³/mol. The Hall–Kier alpha value is -4.61. The molecule has 3 heterocycles. The fraction of sp³-hybridized carbons (Fsp3) is 0.250. The molecule has 0 spiro atoms. The van der Waals surface area contributed by atoms with Crippen LogP contribution in [0.15, 0.2) is 72.3 Å². The van der Waals surface area contributed by atoms with Gasteiger partial charge in [0.1, 0.15) is 0 Å². The highest BCUT2D eigenvalue weighted by Gasteiger charge is 2.31. The monoisotopic (exact) mass is 566 g/mol. The summed E-state index contributed by atoms with van der Waals surface area (Å²) in [5.41, 5.74) is 10.4. The maximum Gasteiger partial charge on any atom is 0.274 e. The molecule has 9 heteroatoms. The topological polar surface area (TPSA) is 88.8 Å². The van der Waals surface area contributed by atoms with Gasteiger partial charge in [-0.3, -0.25) is 19.1 Å². The third kappa shape index (κ3) is 4.94. The number of benzene rings is 2. The van der Waals surface area contributed by atoms with Gasteiger partial charge in [-0.15, -0.1) is 0 Å². The van der Waals surface area contributed by atoms with Gasteiger partial charge in [0.05, 0.1) is 29.2 Å². The quantitative estimate of drug-likeness (QED) is 0.230. The molecule has 4 aromatic rings. The zero-order valence-electron chi connectivity index (χ0n) is 23.3. The number of carbonyl (C=O) groups is 1. The van der Waals surface area contributed by atoms with E-state index in [0.717, 1.165) is 5.56 Å². The van der Waals surface area contributed by atoms with Gasteiger partial charge in [0.15, 0.2) is 0 Å². The number of amides is 1. The lowest BCUT2D eigenvalue weighted by molar-refractivity contribution is -0.126. The molecule has 0 radical (unpaired) electrons. The molecule has 41 heavy (non-hydrogen) atoms. The Kier molecular flexibility index (Phi) is 7.57. The lowest BCUT2D eigenvalue weighted by atomic mass is 9.98. The summed E-state index contributed by atoms with van der Waals surface area (Å²) in [6, 6.07) is 13.1. The van der Waals surface area contributed by atoms with E-state index >= 15 is 0 Å². The number of para-hydroxylation sites is 1. The lowest BCUT2D eigenvalue weighted by Gasteiger charge is -2.42. The van der Waals surface area contributed by atoms with Crippen LogP contribution in [0.25, 0.3) is 32.6 Å². The van der Waals surface area contributed by atoms with E-state index in [-0.39, 0.29) is 23.6 Å². The molecular weight excluding hydrogens is 536 g/mol. The van der Waals surface area contributed by atoms with E-state index in [2.05, 4.69) is 30.3 Å². The largest absolute Gasteiger partial charge is 0.397 e. The Balaban J connectivity index is 1.86. The number of hydrogen-bond donors (Lipinski definition) is 1. The van der Waals surface area contributed by atoms with Gasteiger partial charge in [-0.25, -0.2) is 4.85 Å². The second-order valence-corrected chi connectivity index (χ2v) is 11.0. The number of aromatic nitrogens is 2. The van der Waals surface area contributed by atoms with Crippen molar-refractivity contribution in [2.75, 3.05) is 30.3 Å². The van der Waals surface area contributed by atoms with Gasteiger partial charge >= 0.3 is 0 Å². The molecule has 1 aliphatic rings. The molecule has 0 aliphatic carbocycles. The second kappa shape index (κ2) is 11.1. The fourth-order valence-electron chi connectivity index (χ4n) is 5.64. The van der Waals surface area contributed by atoms with Crippen molar-refractivity contribution in [3.63, 3.8) is 0 Å². The van der Waals surface area contributed by atoms with E-state index in [1.165, 1.54) is 6.08 Å². The van der Waals surface area contributed by atoms with Crippen molar-refractivity contribution in [1.82, 2.24) is 14.5 Å². The number of carbonyl (C=O) groups excluding carboxylic acids is 1. The van der Waals surface area contributed by atoms with Crippen LogP contribution in [-0.2, 0) is 4.79 Å². The van der Waals surface area contributed by atoms with Gasteiger partial charge in [0.25, 0.3) is 11.2 Å². The summed E-state index contributed by atoms with van der Waals surface area (Å²) in [5, 5.41) is 1.12. The van der Waals surface area contributed by atoms with Crippen molar-refractivity contribution in [2.45, 2.75) is 32.7 Å². The first-order valence-corrected chi connectivity index (χ1v) is 13.8. The Morgan fingerprint density at radius 1 is 1.22 bits per heavy atom. The van der Waals surface area contributed by atoms with Gasteiger partial charge in [0, 0.05) is 59.6 Å². The second-order valence-electron chi connectivity index (χ2n) is 10.6. The number of fused-ring (bicyclic) bond motifs is 1. The molecule has 2 aromatic carbocycles. The molecule has 0 saturated carbocycles. The first kappa shape index (κ1) is 27.9. The summed E-state index contributed by atoms with van der Waals surface area (Å²) in [6.07, 6.45) is 4.55. The summed E-state index contributed by atoms with van der Waals surface area (Å²) >= 11 is 6.92. The number of anilines is 2. The summed E-state index contributed by atoms with van der Waals surface area (Å²) in [6.45, 7) is 19.2. The van der Waals surface area contributed by atoms with Crippen LogP contribution in [-0.4, -0.2) is 46.0 Å². The van der Waals surface area contributed by atoms with E-state index in [1.807, 2.05) is 48.2 Å². The first-order valence-electron chi connectivity index (χ1n) is 13.4. The summed E-state index contributed by atoms with van der Waals surface area (Å²) in [5.74, 6) is -0.0134. The van der Waals surface area contributed by atoms with Crippen LogP contribution in [0.5, 0.6) is 0 Å². The van der Waals surface area contributed by atoms with E-state index in [1.54, 1.807) is 27.9 Å². The molecule has 2 N–H and O–H groups in total. The average molecular weight is 567 g/mol. The van der Waals surface area contributed by atoms with Crippen LogP contribution < -0.4 is 16.2 Å². The van der Waals surface area contributed by atoms with Gasteiger partial charge in [-0.1, -0.05) is 50.2 Å². The number of nitrogens with two attached hydrogens (primary N) is 1. The molecule has 1 amide bonds. The van der Waals surface area contributed by atoms with Crippen LogP contribution in [0.1, 0.15) is 32.3 Å². The van der Waals surface area contributed by atoms with Crippen LogP contribution >= 0.6 is 11.6 Å². The number of pyridine rings is 2. The SMILES string of the molecule is [C-]#[N+]c1c(N2CCN(C(=O)C=C)C[C@@H]2C)c2cc(Cl)c(-c3cncc(N)c3)cc2n(-c2ccccc2C(C)C)c1=O. The predicted octanol–water partition coefficient (Wildman–Crippen LogP) is 6.19. The van der Waals surface area contributed by atoms with E-state index < -0.39 is 5.56 Å². The molecule has 1 atom stereocenters. The minimum absolute atomic E-state index is 0.0147. The molecule has 0 bridgehead atoms. The molecule has 2 aromatic heterocycles. The third-order valence-electron chi connectivity index (χ3n) is 7.59. The average Bonchev–Trinajstić information content (AvgIpc) is 2.96. The summed E-state index contributed by atoms with van der Waals surface area (Å²) < 4.78 is 1.63. The van der Waals surface area contributed by atoms with Gasteiger partial charge in [-0.2, -0.15) is 0 Å². The van der Waals surface area contributed by atoms with Crippen molar-refractivity contribution in [3.8, 4) is 16.8 Å². The van der Waals surface area contributed by atoms with Crippen molar-refractivity contribution >= 4 is 45.5 Å². The number of rotatable bonds is 5. The van der Waals surface area contributed by atoms with Crippen LogP contribution in [0.3, 0.4) is 0 Å². The molecule has 1 aliphatic heterocycles. The van der Waals surface area contributed by atoms with E-state index in [9.17, 15) is 9.59 Å². The maximum absolute atomic E-state index is 14.3. The van der Waals surface area contributed by atoms with E-state index in [4.69, 9.17) is 23.9 Å². The number of nitrogen functional groups attached to an aromatic ring is 1. The standard InChI is InChI=1S/C32H31ClN6O2/c1-6-29(40)37-11-12-38(20(4)18-37)31-25-14-26(33)24(21-13-22(34)17-36-16-21)15-28(25)39(32(41)30(31)35-5)27-10-8-7-9-23(27)19(2)3/h6-10,13-17,19-20H,1,11-12,18,34H2,2-4H3/t20-/m0/s1. The van der Waals surface area contributed by atoms with Crippen LogP contribution in [0, 0.1) is 6.57 Å². The Bertz CT molecular complexity index is 1790. The van der Waals surface area contributed by atoms with Crippen molar-refractivity contribution in [3.05, 3.63) is 99.9 Å². The number of halogens is 1. The molecule has 8 nitrogen and oxygen atoms in total. The third-order valence-corrected chi connectivity index (χ3v) is 7.91. The summed E-state index contributed by atoms with van der Waals surface area (Å²) in [7, 11) is 0. The zero-order valence-corrected chi connectivity index (χ0v) is 24.0. The molecule has 0 unspecified atom stereocenters. The molecule has 208 valence electrons. The van der Waals surface area contributed by atoms with Crippen LogP contribution in [0.2, 0.25) is 5.02 Å². The van der Waals surface area contributed by atoms with E-state index in [0.29, 0.717) is 63.7 Å². The van der Waals surface area contributed by atoms with Crippen molar-refractivity contribution in [1.29, 1.82) is 0 Å². The minimum atomic E-state index is -0.411. The van der Waals surface area contributed by atoms with Crippen molar-refractivity contribution < 1.29 is 4.79 Å². The molecular formula is C32H31ClN6O2. The van der Waals surface area contributed by atoms with Gasteiger partial charge < -0.3 is 15.5 Å². The Labute approximate surface area is 244 Å². The van der Waals surface area contributed by atoms with Crippen molar-refractivity contribution in [2.24, 2.45) is 0 Å². The van der Waals surface area contributed by atoms with Gasteiger partial charge in [-0.05, 0) is 48.7 Å². The highest BCUT2D eigenvalue weighted by molar-refractivity contribution is 6.34. The zero-order chi connectivity index (χ0) is 29.4. The Morgan fingerprint density at radius 3 is 2.63 bits per heavy atom. The molecule has 1 fully saturated rings. The van der Waals surface area contributed by atoms with Crippen LogP contribution in [0.4, 0.5) is 17.1 Å². The summed E-state index contributed by atoms with van der Waals surface area (Å²) in [4.78, 5) is 38.5. The smallest absolute Gasteiger partial charge is 0.274 e. The lowest BCUT2D eigenvalue weighted by Crippen LogP contribution is -2.53. The Morgan fingerprint density at radius 2 is 1.98 bits per heavy atom. The number of hydrogen-bond acceptors (Lipinski definition) is 5.